The number of amides is 1. The molecular weight excluding hydrogens is 482 g/mol. The van der Waals surface area contributed by atoms with Gasteiger partial charge in [-0.15, -0.1) is 0 Å². The van der Waals surface area contributed by atoms with Crippen LogP contribution < -0.4 is 19.1 Å². The predicted octanol–water partition coefficient (Wildman–Crippen LogP) is 3.10. The van der Waals surface area contributed by atoms with Crippen LogP contribution in [0.25, 0.3) is 0 Å². The largest absolute Gasteiger partial charge is 0.497 e. The molecule has 0 unspecified atom stereocenters. The fourth-order valence-corrected chi connectivity index (χ4v) is 6.51. The summed E-state index contributed by atoms with van der Waals surface area (Å²) in [6.07, 6.45) is 1.92. The summed E-state index contributed by atoms with van der Waals surface area (Å²) < 4.78 is 44.5. The van der Waals surface area contributed by atoms with Crippen molar-refractivity contribution in [3.8, 4) is 17.2 Å². The first kappa shape index (κ1) is 26.1. The molecule has 2 aromatic carbocycles. The lowest BCUT2D eigenvalue weighted by Crippen LogP contribution is -2.49. The molecule has 2 saturated heterocycles. The SMILES string of the molecule is COc1ccc(C(=O)N2CCN(c3cc(S(=O)(=O)N4CCC[C@H](C)C4)ccc3OC)CC2)c(OC)c1. The second-order valence-electron chi connectivity index (χ2n) is 9.29. The van der Waals surface area contributed by atoms with E-state index in [0.29, 0.717) is 68.0 Å². The monoisotopic (exact) mass is 517 g/mol. The van der Waals surface area contributed by atoms with E-state index in [1.807, 2.05) is 0 Å². The maximum absolute atomic E-state index is 13.4. The van der Waals surface area contributed by atoms with Crippen molar-refractivity contribution in [1.82, 2.24) is 9.21 Å². The summed E-state index contributed by atoms with van der Waals surface area (Å²) >= 11 is 0. The lowest BCUT2D eigenvalue weighted by Gasteiger charge is -2.37. The lowest BCUT2D eigenvalue weighted by atomic mass is 10.0. The zero-order valence-electron chi connectivity index (χ0n) is 21.4. The van der Waals surface area contributed by atoms with Crippen molar-refractivity contribution in [2.75, 3.05) is 65.5 Å². The van der Waals surface area contributed by atoms with Crippen molar-refractivity contribution in [3.63, 3.8) is 0 Å². The average molecular weight is 518 g/mol. The number of ether oxygens (including phenoxy) is 3. The van der Waals surface area contributed by atoms with Crippen molar-refractivity contribution in [1.29, 1.82) is 0 Å². The fraction of sp³-hybridized carbons (Fsp3) is 0.500. The van der Waals surface area contributed by atoms with E-state index in [1.54, 1.807) is 59.8 Å². The third kappa shape index (κ3) is 5.24. The average Bonchev–Trinajstić information content (AvgIpc) is 2.92. The minimum absolute atomic E-state index is 0.114. The molecule has 196 valence electrons. The minimum Gasteiger partial charge on any atom is -0.497 e. The highest BCUT2D eigenvalue weighted by Crippen LogP contribution is 2.34. The number of carbonyl (C=O) groups is 1. The van der Waals surface area contributed by atoms with Crippen LogP contribution in [-0.2, 0) is 10.0 Å². The minimum atomic E-state index is -3.59. The molecule has 4 rings (SSSR count). The molecule has 0 aliphatic carbocycles. The van der Waals surface area contributed by atoms with Gasteiger partial charge < -0.3 is 24.0 Å². The summed E-state index contributed by atoms with van der Waals surface area (Å²) in [6.45, 7) is 5.23. The smallest absolute Gasteiger partial charge is 0.257 e. The highest BCUT2D eigenvalue weighted by atomic mass is 32.2. The Labute approximate surface area is 213 Å². The number of piperazine rings is 1. The summed E-state index contributed by atoms with van der Waals surface area (Å²) in [4.78, 5) is 17.3. The van der Waals surface area contributed by atoms with Crippen LogP contribution in [0.1, 0.15) is 30.1 Å². The molecule has 0 saturated carbocycles. The van der Waals surface area contributed by atoms with Crippen LogP contribution >= 0.6 is 0 Å². The molecule has 0 spiro atoms. The maximum atomic E-state index is 13.4. The normalized spacial score (nSPS) is 19.2. The Kier molecular flexibility index (Phi) is 7.94. The second kappa shape index (κ2) is 11.0. The molecule has 2 aromatic rings. The second-order valence-corrected chi connectivity index (χ2v) is 11.2. The number of hydrogen-bond donors (Lipinski definition) is 0. The van der Waals surface area contributed by atoms with Gasteiger partial charge in [-0.1, -0.05) is 6.92 Å². The Morgan fingerprint density at radius 1 is 0.889 bits per heavy atom. The van der Waals surface area contributed by atoms with Gasteiger partial charge >= 0.3 is 0 Å². The van der Waals surface area contributed by atoms with Crippen LogP contribution in [0, 0.1) is 5.92 Å². The molecule has 2 heterocycles. The van der Waals surface area contributed by atoms with Crippen LogP contribution in [0.4, 0.5) is 5.69 Å². The van der Waals surface area contributed by atoms with Gasteiger partial charge in [0.2, 0.25) is 10.0 Å². The number of hydrogen-bond acceptors (Lipinski definition) is 7. The molecule has 1 atom stereocenters. The van der Waals surface area contributed by atoms with E-state index < -0.39 is 10.0 Å². The Balaban J connectivity index is 1.51. The summed E-state index contributed by atoms with van der Waals surface area (Å²) in [5, 5.41) is 0. The van der Waals surface area contributed by atoms with Crippen LogP contribution in [-0.4, -0.2) is 84.1 Å². The van der Waals surface area contributed by atoms with Crippen molar-refractivity contribution in [3.05, 3.63) is 42.0 Å². The number of methoxy groups -OCH3 is 3. The van der Waals surface area contributed by atoms with E-state index in [-0.39, 0.29) is 10.8 Å². The van der Waals surface area contributed by atoms with Crippen LogP contribution in [0.15, 0.2) is 41.3 Å². The quantitative estimate of drug-likeness (QED) is 0.558. The van der Waals surface area contributed by atoms with Gasteiger partial charge in [-0.3, -0.25) is 4.79 Å². The third-order valence-corrected chi connectivity index (χ3v) is 8.82. The topological polar surface area (TPSA) is 88.6 Å². The van der Waals surface area contributed by atoms with Gasteiger partial charge in [0.15, 0.2) is 0 Å². The fourth-order valence-electron chi connectivity index (χ4n) is 4.89. The summed E-state index contributed by atoms with van der Waals surface area (Å²) in [5.41, 5.74) is 1.20. The van der Waals surface area contributed by atoms with Crippen molar-refractivity contribution < 1.29 is 27.4 Å². The molecule has 9 nitrogen and oxygen atoms in total. The Morgan fingerprint density at radius 2 is 1.61 bits per heavy atom. The van der Waals surface area contributed by atoms with Crippen LogP contribution in [0.3, 0.4) is 0 Å². The highest BCUT2D eigenvalue weighted by Gasteiger charge is 2.31. The van der Waals surface area contributed by atoms with Gasteiger partial charge in [-0.05, 0) is 49.1 Å². The van der Waals surface area contributed by atoms with E-state index in [1.165, 1.54) is 7.11 Å². The van der Waals surface area contributed by atoms with Crippen molar-refractivity contribution in [2.24, 2.45) is 5.92 Å². The molecule has 2 aliphatic rings. The van der Waals surface area contributed by atoms with Gasteiger partial charge in [0, 0.05) is 45.3 Å². The first-order valence-corrected chi connectivity index (χ1v) is 13.7. The Morgan fingerprint density at radius 3 is 2.25 bits per heavy atom. The molecule has 10 heteroatoms. The van der Waals surface area contributed by atoms with Crippen molar-refractivity contribution >= 4 is 21.6 Å². The summed E-state index contributed by atoms with van der Waals surface area (Å²) in [6, 6.07) is 10.2. The zero-order chi connectivity index (χ0) is 25.9. The molecule has 0 radical (unpaired) electrons. The number of carbonyl (C=O) groups excluding carboxylic acids is 1. The highest BCUT2D eigenvalue weighted by molar-refractivity contribution is 7.89. The number of anilines is 1. The molecule has 36 heavy (non-hydrogen) atoms. The Bertz CT molecular complexity index is 1190. The molecule has 1 amide bonds. The zero-order valence-corrected chi connectivity index (χ0v) is 22.2. The van der Waals surface area contributed by atoms with Crippen LogP contribution in [0.5, 0.6) is 17.2 Å². The first-order chi connectivity index (χ1) is 17.3. The van der Waals surface area contributed by atoms with E-state index >= 15 is 0 Å². The van der Waals surface area contributed by atoms with Gasteiger partial charge in [-0.2, -0.15) is 4.31 Å². The van der Waals surface area contributed by atoms with E-state index in [0.717, 1.165) is 18.5 Å². The number of benzene rings is 2. The number of rotatable bonds is 7. The third-order valence-electron chi connectivity index (χ3n) is 6.95. The molecule has 0 N–H and O–H groups in total. The summed E-state index contributed by atoms with van der Waals surface area (Å²) in [5.74, 6) is 1.93. The van der Waals surface area contributed by atoms with Gasteiger partial charge in [0.05, 0.1) is 37.5 Å². The van der Waals surface area contributed by atoms with Crippen molar-refractivity contribution in [2.45, 2.75) is 24.7 Å². The predicted molar refractivity (Wildman–Crippen MR) is 138 cm³/mol. The standard InChI is InChI=1S/C26H35N3O6S/c1-19-6-5-11-29(18-19)36(31,32)21-8-10-24(34-3)23(17-21)27-12-14-28(15-13-27)26(30)22-9-7-20(33-2)16-25(22)35-4/h7-10,16-17,19H,5-6,11-15,18H2,1-4H3/t19-/m0/s1. The molecule has 0 aromatic heterocycles. The van der Waals surface area contributed by atoms with E-state index in [9.17, 15) is 13.2 Å². The molecular formula is C26H35N3O6S. The van der Waals surface area contributed by atoms with Gasteiger partial charge in [0.25, 0.3) is 5.91 Å². The molecule has 2 aliphatic heterocycles. The Hall–Kier alpha value is -2.98. The lowest BCUT2D eigenvalue weighted by molar-refractivity contribution is 0.0743. The maximum Gasteiger partial charge on any atom is 0.257 e. The number of piperidine rings is 1. The molecule has 0 bridgehead atoms. The van der Waals surface area contributed by atoms with E-state index in [2.05, 4.69) is 11.8 Å². The first-order valence-electron chi connectivity index (χ1n) is 12.2. The van der Waals surface area contributed by atoms with Gasteiger partial charge in [0.1, 0.15) is 17.2 Å². The van der Waals surface area contributed by atoms with Crippen LogP contribution in [0.2, 0.25) is 0 Å². The molecule has 2 fully saturated rings. The van der Waals surface area contributed by atoms with Gasteiger partial charge in [-0.25, -0.2) is 8.42 Å². The number of sulfonamides is 1. The van der Waals surface area contributed by atoms with E-state index in [4.69, 9.17) is 14.2 Å². The summed E-state index contributed by atoms with van der Waals surface area (Å²) in [7, 11) is 1.08. The number of nitrogens with zero attached hydrogens (tertiary/aromatic N) is 3.